The van der Waals surface area contributed by atoms with E-state index in [4.69, 9.17) is 22.1 Å². The monoisotopic (exact) mass is 504 g/mol. The second-order valence-electron chi connectivity index (χ2n) is 6.41. The van der Waals surface area contributed by atoms with Crippen molar-refractivity contribution < 1.29 is 4.74 Å². The quantitative estimate of drug-likeness (QED) is 0.416. The third-order valence-corrected chi connectivity index (χ3v) is 5.33. The summed E-state index contributed by atoms with van der Waals surface area (Å²) in [4.78, 5) is 2.46. The van der Waals surface area contributed by atoms with Crippen molar-refractivity contribution in [2.24, 2.45) is 5.92 Å². The summed E-state index contributed by atoms with van der Waals surface area (Å²) in [5.41, 5.74) is 7.68. The van der Waals surface area contributed by atoms with Crippen LogP contribution in [-0.4, -0.2) is 31.1 Å². The minimum Gasteiger partial charge on any atom is -0.492 e. The molecule has 1 aliphatic rings. The van der Waals surface area contributed by atoms with Gasteiger partial charge in [0.2, 0.25) is 0 Å². The van der Waals surface area contributed by atoms with Crippen LogP contribution in [0, 0.1) is 5.92 Å². The number of hydrogen-bond acceptors (Lipinski definition) is 3. The molecule has 1 unspecified atom stereocenters. The van der Waals surface area contributed by atoms with Gasteiger partial charge in [0, 0.05) is 12.2 Å². The van der Waals surface area contributed by atoms with E-state index < -0.39 is 0 Å². The van der Waals surface area contributed by atoms with Gasteiger partial charge in [0.05, 0.1) is 5.38 Å². The molecule has 0 radical (unpaired) electrons. The Hall–Kier alpha value is -0.750. The summed E-state index contributed by atoms with van der Waals surface area (Å²) in [6.07, 6.45) is 2.29. The average Bonchev–Trinajstić information content (AvgIpc) is 2.64. The minimum absolute atomic E-state index is 0. The van der Waals surface area contributed by atoms with Gasteiger partial charge in [0.15, 0.2) is 0 Å². The fraction of sp³-hybridized carbons (Fsp3) is 0.400. The van der Waals surface area contributed by atoms with Crippen molar-refractivity contribution in [3.63, 3.8) is 0 Å². The van der Waals surface area contributed by atoms with Gasteiger partial charge < -0.3 is 10.5 Å². The van der Waals surface area contributed by atoms with E-state index in [0.29, 0.717) is 12.5 Å². The molecule has 1 fully saturated rings. The highest BCUT2D eigenvalue weighted by atomic mass is 79.9. The SMILES string of the molecule is Br.Br.Nc1ccc(OCCN2CCC(C(Cl)c3ccccc3)CC2)cc1. The molecule has 2 aromatic rings. The molecule has 1 saturated heterocycles. The second-order valence-corrected chi connectivity index (χ2v) is 6.88. The Balaban J connectivity index is 0.00000169. The van der Waals surface area contributed by atoms with Gasteiger partial charge in [-0.05, 0) is 61.7 Å². The summed E-state index contributed by atoms with van der Waals surface area (Å²) in [7, 11) is 0. The minimum atomic E-state index is 0. The van der Waals surface area contributed by atoms with Gasteiger partial charge in [-0.25, -0.2) is 0 Å². The molecule has 0 aromatic heterocycles. The van der Waals surface area contributed by atoms with Gasteiger partial charge in [-0.2, -0.15) is 0 Å². The number of likely N-dealkylation sites (tertiary alicyclic amines) is 1. The van der Waals surface area contributed by atoms with Gasteiger partial charge in [-0.3, -0.25) is 4.90 Å². The highest BCUT2D eigenvalue weighted by molar-refractivity contribution is 8.93. The largest absolute Gasteiger partial charge is 0.492 e. The highest BCUT2D eigenvalue weighted by Crippen LogP contribution is 2.35. The number of nitrogens with two attached hydrogens (primary N) is 1. The van der Waals surface area contributed by atoms with E-state index in [1.165, 1.54) is 5.56 Å². The zero-order valence-corrected chi connectivity index (χ0v) is 18.9. The Bertz CT molecular complexity index is 619. The number of benzene rings is 2. The summed E-state index contributed by atoms with van der Waals surface area (Å²) < 4.78 is 5.78. The van der Waals surface area contributed by atoms with Crippen LogP contribution >= 0.6 is 45.6 Å². The van der Waals surface area contributed by atoms with Crippen molar-refractivity contribution in [2.75, 3.05) is 32.0 Å². The Morgan fingerprint density at radius 2 is 1.62 bits per heavy atom. The van der Waals surface area contributed by atoms with Crippen LogP contribution in [0.4, 0.5) is 5.69 Å². The Morgan fingerprint density at radius 1 is 1.00 bits per heavy atom. The lowest BCUT2D eigenvalue weighted by molar-refractivity contribution is 0.153. The summed E-state index contributed by atoms with van der Waals surface area (Å²) in [6, 6.07) is 18.0. The number of hydrogen-bond donors (Lipinski definition) is 1. The normalized spacial score (nSPS) is 16.2. The van der Waals surface area contributed by atoms with E-state index in [0.717, 1.165) is 43.9 Å². The number of rotatable bonds is 6. The first-order chi connectivity index (χ1) is 11.7. The van der Waals surface area contributed by atoms with Crippen LogP contribution < -0.4 is 10.5 Å². The first-order valence-electron chi connectivity index (χ1n) is 8.62. The summed E-state index contributed by atoms with van der Waals surface area (Å²) in [5.74, 6) is 1.44. The van der Waals surface area contributed by atoms with E-state index in [1.54, 1.807) is 0 Å². The standard InChI is InChI=1S/C20H25ClN2O.2BrH/c21-20(16-4-2-1-3-5-16)17-10-12-23(13-11-17)14-15-24-19-8-6-18(22)7-9-19;;/h1-9,17,20H,10-15,22H2;2*1H. The van der Waals surface area contributed by atoms with Gasteiger partial charge in [-0.1, -0.05) is 30.3 Å². The lowest BCUT2D eigenvalue weighted by Gasteiger charge is -2.34. The second kappa shape index (κ2) is 11.9. The van der Waals surface area contributed by atoms with Crippen molar-refractivity contribution in [2.45, 2.75) is 18.2 Å². The van der Waals surface area contributed by atoms with Gasteiger partial charge in [-0.15, -0.1) is 45.6 Å². The number of nitrogen functional groups attached to an aromatic ring is 1. The molecule has 1 aliphatic heterocycles. The maximum absolute atomic E-state index is 6.68. The third-order valence-electron chi connectivity index (χ3n) is 4.72. The predicted molar refractivity (Wildman–Crippen MR) is 121 cm³/mol. The fourth-order valence-electron chi connectivity index (χ4n) is 3.23. The van der Waals surface area contributed by atoms with E-state index in [9.17, 15) is 0 Å². The van der Waals surface area contributed by atoms with Crippen molar-refractivity contribution >= 4 is 51.3 Å². The van der Waals surface area contributed by atoms with Crippen LogP contribution in [0.3, 0.4) is 0 Å². The van der Waals surface area contributed by atoms with E-state index in [1.807, 2.05) is 30.3 Å². The molecule has 0 aliphatic carbocycles. The summed E-state index contributed by atoms with van der Waals surface area (Å²) in [5, 5.41) is 0.124. The molecule has 26 heavy (non-hydrogen) atoms. The van der Waals surface area contributed by atoms with Crippen LogP contribution in [0.1, 0.15) is 23.8 Å². The number of nitrogens with zero attached hydrogens (tertiary/aromatic N) is 1. The van der Waals surface area contributed by atoms with Crippen LogP contribution in [0.15, 0.2) is 54.6 Å². The van der Waals surface area contributed by atoms with Crippen molar-refractivity contribution in [1.29, 1.82) is 0 Å². The zero-order valence-electron chi connectivity index (χ0n) is 14.7. The molecule has 6 heteroatoms. The lowest BCUT2D eigenvalue weighted by atomic mass is 9.89. The molecule has 3 rings (SSSR count). The molecule has 3 nitrogen and oxygen atoms in total. The number of piperidine rings is 1. The molecule has 2 N–H and O–H groups in total. The van der Waals surface area contributed by atoms with E-state index >= 15 is 0 Å². The molecule has 2 aromatic carbocycles. The molecule has 0 saturated carbocycles. The summed E-state index contributed by atoms with van der Waals surface area (Å²) >= 11 is 6.68. The molecular formula is C20H27Br2ClN2O. The average molecular weight is 507 g/mol. The number of halogens is 3. The van der Waals surface area contributed by atoms with Crippen molar-refractivity contribution in [1.82, 2.24) is 4.90 Å². The van der Waals surface area contributed by atoms with E-state index in [2.05, 4.69) is 29.2 Å². The van der Waals surface area contributed by atoms with Crippen LogP contribution in [-0.2, 0) is 0 Å². The van der Waals surface area contributed by atoms with Crippen molar-refractivity contribution in [3.8, 4) is 5.75 Å². The first kappa shape index (κ1) is 23.3. The highest BCUT2D eigenvalue weighted by Gasteiger charge is 2.26. The van der Waals surface area contributed by atoms with Crippen molar-refractivity contribution in [3.05, 3.63) is 60.2 Å². The summed E-state index contributed by atoms with van der Waals surface area (Å²) in [6.45, 7) is 3.84. The lowest BCUT2D eigenvalue weighted by Crippen LogP contribution is -2.37. The molecule has 1 heterocycles. The maximum atomic E-state index is 6.68. The fourth-order valence-corrected chi connectivity index (χ4v) is 3.63. The Labute approximate surface area is 182 Å². The zero-order chi connectivity index (χ0) is 16.8. The molecule has 0 amide bonds. The Kier molecular flexibility index (Phi) is 10.6. The van der Waals surface area contributed by atoms with Gasteiger partial charge in [0.25, 0.3) is 0 Å². The molecular weight excluding hydrogens is 479 g/mol. The number of anilines is 1. The Morgan fingerprint density at radius 3 is 2.23 bits per heavy atom. The third kappa shape index (κ3) is 6.76. The molecule has 1 atom stereocenters. The smallest absolute Gasteiger partial charge is 0.119 e. The van der Waals surface area contributed by atoms with Gasteiger partial charge in [0.1, 0.15) is 12.4 Å². The topological polar surface area (TPSA) is 38.5 Å². The van der Waals surface area contributed by atoms with Crippen LogP contribution in [0.25, 0.3) is 0 Å². The molecule has 144 valence electrons. The number of alkyl halides is 1. The predicted octanol–water partition coefficient (Wildman–Crippen LogP) is 5.50. The van der Waals surface area contributed by atoms with Crippen LogP contribution in [0.5, 0.6) is 5.75 Å². The van der Waals surface area contributed by atoms with Crippen LogP contribution in [0.2, 0.25) is 0 Å². The number of ether oxygens (including phenoxy) is 1. The maximum Gasteiger partial charge on any atom is 0.119 e. The first-order valence-corrected chi connectivity index (χ1v) is 9.06. The van der Waals surface area contributed by atoms with Gasteiger partial charge >= 0.3 is 0 Å². The van der Waals surface area contributed by atoms with E-state index in [-0.39, 0.29) is 39.3 Å². The molecule has 0 spiro atoms. The molecule has 0 bridgehead atoms.